The fourth-order valence-electron chi connectivity index (χ4n) is 2.36. The van der Waals surface area contributed by atoms with Gasteiger partial charge < -0.3 is 15.1 Å². The van der Waals surface area contributed by atoms with Gasteiger partial charge in [-0.15, -0.1) is 0 Å². The Hall–Kier alpha value is -0.970. The Kier molecular flexibility index (Phi) is 3.09. The molecule has 0 atom stereocenters. The third kappa shape index (κ3) is 2.20. The molecule has 2 heterocycles. The fraction of sp³-hybridized carbons (Fsp3) is 0.500. The van der Waals surface area contributed by atoms with E-state index < -0.39 is 0 Å². The lowest BCUT2D eigenvalue weighted by atomic mass is 10.1. The number of piperazine rings is 1. The maximum atomic E-state index is 6.12. The van der Waals surface area contributed by atoms with Crippen LogP contribution in [-0.2, 0) is 11.3 Å². The summed E-state index contributed by atoms with van der Waals surface area (Å²) in [6, 6.07) is 3.85. The molecule has 0 radical (unpaired) electrons. The Morgan fingerprint density at radius 2 is 2.06 bits per heavy atom. The summed E-state index contributed by atoms with van der Waals surface area (Å²) in [7, 11) is 0. The highest BCUT2D eigenvalue weighted by atomic mass is 35.5. The highest BCUT2D eigenvalue weighted by molar-refractivity contribution is 6.31. The lowest BCUT2D eigenvalue weighted by molar-refractivity contribution is -0.215. The first-order valence-corrected chi connectivity index (χ1v) is 6.30. The minimum Gasteiger partial charge on any atom is -0.369 e. The lowest BCUT2D eigenvalue weighted by Crippen LogP contribution is -2.44. The summed E-state index contributed by atoms with van der Waals surface area (Å²) < 4.78 is 0. The normalized spacial score (nSPS) is 19.7. The van der Waals surface area contributed by atoms with Crippen LogP contribution in [-0.4, -0.2) is 32.8 Å². The summed E-state index contributed by atoms with van der Waals surface area (Å²) in [5.41, 5.74) is 2.40. The molecule has 17 heavy (non-hydrogen) atoms. The Balaban J connectivity index is 1.98. The van der Waals surface area contributed by atoms with Gasteiger partial charge in [0.15, 0.2) is 5.75 Å². The van der Waals surface area contributed by atoms with E-state index in [0.29, 0.717) is 11.6 Å². The smallest absolute Gasteiger partial charge is 0.172 e. The highest BCUT2D eigenvalue weighted by Gasteiger charge is 2.21. The zero-order valence-corrected chi connectivity index (χ0v) is 10.3. The van der Waals surface area contributed by atoms with Gasteiger partial charge in [0.25, 0.3) is 0 Å². The second-order valence-corrected chi connectivity index (χ2v) is 4.73. The molecule has 1 fully saturated rings. The quantitative estimate of drug-likeness (QED) is 0.773. The summed E-state index contributed by atoms with van der Waals surface area (Å²) in [6.07, 6.45) is 0.881. The Labute approximate surface area is 105 Å². The molecule has 0 unspecified atom stereocenters. The summed E-state index contributed by atoms with van der Waals surface area (Å²) in [5, 5.41) is 4.05. The van der Waals surface area contributed by atoms with E-state index in [0.717, 1.165) is 38.3 Å². The summed E-state index contributed by atoms with van der Waals surface area (Å²) in [5.74, 6) is 0.761. The maximum absolute atomic E-state index is 6.12. The molecule has 0 aromatic heterocycles. The van der Waals surface area contributed by atoms with Crippen molar-refractivity contribution >= 4 is 17.3 Å². The fourth-order valence-corrected chi connectivity index (χ4v) is 2.56. The standard InChI is InChI=1S/C12H15ClN2O2/c13-9-7-11(15-4-2-14-3-5-15)10-1-6-16-17-12(10)8-9/h7-8,14H,1-6H2. The van der Waals surface area contributed by atoms with E-state index in [1.165, 1.54) is 11.3 Å². The van der Waals surface area contributed by atoms with Crippen LogP contribution < -0.4 is 15.1 Å². The van der Waals surface area contributed by atoms with Gasteiger partial charge in [0.2, 0.25) is 0 Å². The van der Waals surface area contributed by atoms with E-state index in [-0.39, 0.29) is 0 Å². The topological polar surface area (TPSA) is 33.7 Å². The van der Waals surface area contributed by atoms with Gasteiger partial charge in [0.1, 0.15) is 0 Å². The summed E-state index contributed by atoms with van der Waals surface area (Å²) >= 11 is 6.12. The van der Waals surface area contributed by atoms with Crippen molar-refractivity contribution in [1.29, 1.82) is 0 Å². The molecule has 0 aliphatic carbocycles. The van der Waals surface area contributed by atoms with Gasteiger partial charge >= 0.3 is 0 Å². The summed E-state index contributed by atoms with van der Waals surface area (Å²) in [4.78, 5) is 12.6. The first-order valence-electron chi connectivity index (χ1n) is 5.92. The molecule has 3 rings (SSSR count). The van der Waals surface area contributed by atoms with Crippen molar-refractivity contribution < 1.29 is 9.78 Å². The molecule has 5 heteroatoms. The van der Waals surface area contributed by atoms with Crippen LogP contribution in [0, 0.1) is 0 Å². The predicted octanol–water partition coefficient (Wildman–Crippen LogP) is 1.62. The minimum absolute atomic E-state index is 0.605. The first-order chi connectivity index (χ1) is 8.34. The van der Waals surface area contributed by atoms with Crippen molar-refractivity contribution in [2.45, 2.75) is 6.42 Å². The lowest BCUT2D eigenvalue weighted by Gasteiger charge is -2.32. The third-order valence-electron chi connectivity index (χ3n) is 3.19. The Bertz CT molecular complexity index is 419. The molecule has 4 nitrogen and oxygen atoms in total. The van der Waals surface area contributed by atoms with Gasteiger partial charge in [-0.1, -0.05) is 11.6 Å². The SMILES string of the molecule is Clc1cc2c(c(N3CCNCC3)c1)CCOO2. The van der Waals surface area contributed by atoms with Gasteiger partial charge in [-0.2, -0.15) is 4.89 Å². The van der Waals surface area contributed by atoms with Crippen LogP contribution in [0.15, 0.2) is 12.1 Å². The molecule has 0 spiro atoms. The van der Waals surface area contributed by atoms with Gasteiger partial charge in [0.05, 0.1) is 6.61 Å². The van der Waals surface area contributed by atoms with E-state index in [4.69, 9.17) is 21.4 Å². The van der Waals surface area contributed by atoms with Gasteiger partial charge in [-0.05, 0) is 6.07 Å². The largest absolute Gasteiger partial charge is 0.369 e. The molecule has 1 N–H and O–H groups in total. The van der Waals surface area contributed by atoms with Crippen LogP contribution >= 0.6 is 11.6 Å². The number of halogens is 1. The second-order valence-electron chi connectivity index (χ2n) is 4.29. The van der Waals surface area contributed by atoms with Crippen LogP contribution in [0.25, 0.3) is 0 Å². The van der Waals surface area contributed by atoms with Crippen molar-refractivity contribution in [3.8, 4) is 5.75 Å². The van der Waals surface area contributed by atoms with Crippen molar-refractivity contribution in [3.63, 3.8) is 0 Å². The van der Waals surface area contributed by atoms with Crippen LogP contribution in [0.5, 0.6) is 5.75 Å². The zero-order valence-electron chi connectivity index (χ0n) is 9.54. The zero-order chi connectivity index (χ0) is 11.7. The van der Waals surface area contributed by atoms with Gasteiger partial charge in [-0.3, -0.25) is 0 Å². The number of hydrogen-bond donors (Lipinski definition) is 1. The maximum Gasteiger partial charge on any atom is 0.172 e. The van der Waals surface area contributed by atoms with Crippen LogP contribution in [0.2, 0.25) is 5.02 Å². The van der Waals surface area contributed by atoms with Crippen molar-refractivity contribution in [3.05, 3.63) is 22.7 Å². The van der Waals surface area contributed by atoms with Crippen LogP contribution in [0.3, 0.4) is 0 Å². The molecule has 2 aliphatic rings. The molecule has 1 aromatic rings. The highest BCUT2D eigenvalue weighted by Crippen LogP contribution is 2.36. The number of hydrogen-bond acceptors (Lipinski definition) is 4. The molecule has 2 aliphatic heterocycles. The number of benzene rings is 1. The monoisotopic (exact) mass is 254 g/mol. The average molecular weight is 255 g/mol. The molecular weight excluding hydrogens is 240 g/mol. The molecule has 0 saturated carbocycles. The van der Waals surface area contributed by atoms with E-state index in [1.54, 1.807) is 0 Å². The number of rotatable bonds is 1. The second kappa shape index (κ2) is 4.72. The number of anilines is 1. The number of fused-ring (bicyclic) bond motifs is 1. The Morgan fingerprint density at radius 3 is 2.88 bits per heavy atom. The predicted molar refractivity (Wildman–Crippen MR) is 66.8 cm³/mol. The van der Waals surface area contributed by atoms with Crippen LogP contribution in [0.4, 0.5) is 5.69 Å². The third-order valence-corrected chi connectivity index (χ3v) is 3.41. The van der Waals surface area contributed by atoms with Gasteiger partial charge in [-0.25, -0.2) is 0 Å². The van der Waals surface area contributed by atoms with E-state index in [1.807, 2.05) is 12.1 Å². The van der Waals surface area contributed by atoms with Crippen molar-refractivity contribution in [2.75, 3.05) is 37.7 Å². The van der Waals surface area contributed by atoms with E-state index in [2.05, 4.69) is 10.2 Å². The molecule has 1 aromatic carbocycles. The summed E-state index contributed by atoms with van der Waals surface area (Å²) in [6.45, 7) is 4.65. The number of nitrogens with one attached hydrogen (secondary N) is 1. The molecule has 92 valence electrons. The van der Waals surface area contributed by atoms with Crippen molar-refractivity contribution in [2.24, 2.45) is 0 Å². The number of nitrogens with zero attached hydrogens (tertiary/aromatic N) is 1. The van der Waals surface area contributed by atoms with Crippen molar-refractivity contribution in [1.82, 2.24) is 5.32 Å². The van der Waals surface area contributed by atoms with E-state index in [9.17, 15) is 0 Å². The molecular formula is C12H15ClN2O2. The average Bonchev–Trinajstić information content (AvgIpc) is 2.39. The van der Waals surface area contributed by atoms with Crippen LogP contribution in [0.1, 0.15) is 5.56 Å². The minimum atomic E-state index is 0.605. The molecule has 0 bridgehead atoms. The van der Waals surface area contributed by atoms with Gasteiger partial charge in [0, 0.05) is 54.9 Å². The molecule has 0 amide bonds. The first kappa shape index (κ1) is 11.1. The Morgan fingerprint density at radius 1 is 1.24 bits per heavy atom. The van der Waals surface area contributed by atoms with E-state index >= 15 is 0 Å². The molecule has 1 saturated heterocycles.